The molecule has 0 fully saturated rings. The molecule has 0 aliphatic rings. The number of hydrogen-bond acceptors (Lipinski definition) is 4. The molecule has 0 radical (unpaired) electrons. The van der Waals surface area contributed by atoms with Crippen molar-refractivity contribution in [1.82, 2.24) is 0 Å². The molecule has 2 amide bonds. The third kappa shape index (κ3) is 5.17. The summed E-state index contributed by atoms with van der Waals surface area (Å²) in [5.74, 6) is -1.29. The molecular formula is C19H20N2O4. The number of carbonyl (C=O) groups excluding carboxylic acids is 3. The topological polar surface area (TPSA) is 84.5 Å². The van der Waals surface area contributed by atoms with Gasteiger partial charge < -0.3 is 15.4 Å². The average molecular weight is 340 g/mol. The van der Waals surface area contributed by atoms with Gasteiger partial charge in [-0.15, -0.1) is 0 Å². The van der Waals surface area contributed by atoms with E-state index in [1.54, 1.807) is 24.3 Å². The van der Waals surface area contributed by atoms with Crippen molar-refractivity contribution in [2.75, 3.05) is 10.6 Å². The fourth-order valence-electron chi connectivity index (χ4n) is 2.16. The van der Waals surface area contributed by atoms with Gasteiger partial charge in [0.15, 0.2) is 6.10 Å². The maximum atomic E-state index is 12.2. The highest BCUT2D eigenvalue weighted by Gasteiger charge is 2.19. The molecule has 0 aromatic heterocycles. The molecule has 2 N–H and O–H groups in total. The monoisotopic (exact) mass is 340 g/mol. The molecule has 0 saturated carbocycles. The number of para-hydroxylation sites is 1. The van der Waals surface area contributed by atoms with E-state index in [1.807, 2.05) is 25.1 Å². The normalized spacial score (nSPS) is 11.3. The molecule has 0 heterocycles. The van der Waals surface area contributed by atoms with Crippen molar-refractivity contribution in [1.29, 1.82) is 0 Å². The first-order valence-corrected chi connectivity index (χ1v) is 7.82. The van der Waals surface area contributed by atoms with Crippen LogP contribution in [-0.2, 0) is 14.3 Å². The summed E-state index contributed by atoms with van der Waals surface area (Å²) < 4.78 is 5.21. The number of hydrogen-bond donors (Lipinski definition) is 2. The van der Waals surface area contributed by atoms with Gasteiger partial charge in [-0.1, -0.05) is 24.3 Å². The molecule has 0 aliphatic carbocycles. The predicted octanol–water partition coefficient (Wildman–Crippen LogP) is 3.14. The SMILES string of the molecule is CC(=O)Nc1cccc(C(=O)O[C@H](C)C(=O)Nc2ccccc2C)c1. The molecule has 6 nitrogen and oxygen atoms in total. The first-order chi connectivity index (χ1) is 11.9. The zero-order chi connectivity index (χ0) is 18.4. The number of esters is 1. The van der Waals surface area contributed by atoms with Gasteiger partial charge in [0.25, 0.3) is 5.91 Å². The summed E-state index contributed by atoms with van der Waals surface area (Å²) in [4.78, 5) is 35.5. The minimum Gasteiger partial charge on any atom is -0.449 e. The molecule has 0 bridgehead atoms. The predicted molar refractivity (Wildman–Crippen MR) is 95.4 cm³/mol. The lowest BCUT2D eigenvalue weighted by Crippen LogP contribution is -2.30. The second-order valence-electron chi connectivity index (χ2n) is 5.61. The Bertz CT molecular complexity index is 802. The summed E-state index contributed by atoms with van der Waals surface area (Å²) in [7, 11) is 0. The Balaban J connectivity index is 2.01. The molecule has 1 atom stereocenters. The van der Waals surface area contributed by atoms with Crippen LogP contribution in [0, 0.1) is 6.92 Å². The standard InChI is InChI=1S/C19H20N2O4/c1-12-7-4-5-10-17(12)21-18(23)13(2)25-19(24)15-8-6-9-16(11-15)20-14(3)22/h4-11,13H,1-3H3,(H,20,22)(H,21,23)/t13-/m1/s1. The van der Waals surface area contributed by atoms with E-state index in [0.29, 0.717) is 11.4 Å². The maximum absolute atomic E-state index is 12.2. The van der Waals surface area contributed by atoms with Crippen LogP contribution in [0.5, 0.6) is 0 Å². The third-order valence-electron chi connectivity index (χ3n) is 3.47. The number of ether oxygens (including phenoxy) is 1. The zero-order valence-electron chi connectivity index (χ0n) is 14.3. The Labute approximate surface area is 146 Å². The van der Waals surface area contributed by atoms with Crippen molar-refractivity contribution >= 4 is 29.2 Å². The van der Waals surface area contributed by atoms with Gasteiger partial charge in [-0.25, -0.2) is 4.79 Å². The van der Waals surface area contributed by atoms with E-state index in [0.717, 1.165) is 5.56 Å². The third-order valence-corrected chi connectivity index (χ3v) is 3.47. The molecule has 0 aliphatic heterocycles. The Hall–Kier alpha value is -3.15. The Morgan fingerprint density at radius 2 is 1.72 bits per heavy atom. The smallest absolute Gasteiger partial charge is 0.338 e. The van der Waals surface area contributed by atoms with Crippen LogP contribution in [0.2, 0.25) is 0 Å². The summed E-state index contributed by atoms with van der Waals surface area (Å²) >= 11 is 0. The lowest BCUT2D eigenvalue weighted by molar-refractivity contribution is -0.123. The second kappa shape index (κ2) is 8.10. The summed E-state index contributed by atoms with van der Waals surface area (Å²) in [6.45, 7) is 4.76. The molecule has 0 unspecified atom stereocenters. The van der Waals surface area contributed by atoms with E-state index in [4.69, 9.17) is 4.74 Å². The minimum atomic E-state index is -0.962. The van der Waals surface area contributed by atoms with Crippen molar-refractivity contribution < 1.29 is 19.1 Å². The van der Waals surface area contributed by atoms with E-state index < -0.39 is 18.0 Å². The van der Waals surface area contributed by atoms with Crippen LogP contribution in [-0.4, -0.2) is 23.9 Å². The Morgan fingerprint density at radius 1 is 1.00 bits per heavy atom. The van der Waals surface area contributed by atoms with E-state index in [2.05, 4.69) is 10.6 Å². The molecule has 130 valence electrons. The first kappa shape index (κ1) is 18.2. The van der Waals surface area contributed by atoms with Gasteiger partial charge in [0.2, 0.25) is 5.91 Å². The number of carbonyl (C=O) groups is 3. The lowest BCUT2D eigenvalue weighted by Gasteiger charge is -2.15. The van der Waals surface area contributed by atoms with Crippen LogP contribution in [0.25, 0.3) is 0 Å². The van der Waals surface area contributed by atoms with E-state index in [1.165, 1.54) is 19.9 Å². The average Bonchev–Trinajstić information content (AvgIpc) is 2.56. The quantitative estimate of drug-likeness (QED) is 0.819. The number of rotatable bonds is 5. The van der Waals surface area contributed by atoms with Gasteiger partial charge in [0.05, 0.1) is 5.56 Å². The molecule has 2 rings (SSSR count). The lowest BCUT2D eigenvalue weighted by atomic mass is 10.2. The maximum Gasteiger partial charge on any atom is 0.338 e. The molecule has 0 spiro atoms. The number of nitrogens with one attached hydrogen (secondary N) is 2. The minimum absolute atomic E-state index is 0.239. The van der Waals surface area contributed by atoms with Crippen LogP contribution in [0.4, 0.5) is 11.4 Å². The zero-order valence-corrected chi connectivity index (χ0v) is 14.3. The van der Waals surface area contributed by atoms with Crippen molar-refractivity contribution in [2.45, 2.75) is 26.9 Å². The molecule has 2 aromatic carbocycles. The second-order valence-corrected chi connectivity index (χ2v) is 5.61. The van der Waals surface area contributed by atoms with E-state index in [-0.39, 0.29) is 11.5 Å². The van der Waals surface area contributed by atoms with E-state index in [9.17, 15) is 14.4 Å². The van der Waals surface area contributed by atoms with Gasteiger partial charge in [-0.2, -0.15) is 0 Å². The molecule has 0 saturated heterocycles. The van der Waals surface area contributed by atoms with Crippen molar-refractivity contribution in [2.24, 2.45) is 0 Å². The Morgan fingerprint density at radius 3 is 2.40 bits per heavy atom. The van der Waals surface area contributed by atoms with Gasteiger partial charge in [0, 0.05) is 18.3 Å². The molecule has 6 heteroatoms. The van der Waals surface area contributed by atoms with Crippen LogP contribution in [0.1, 0.15) is 29.8 Å². The fourth-order valence-corrected chi connectivity index (χ4v) is 2.16. The molecular weight excluding hydrogens is 320 g/mol. The number of benzene rings is 2. The highest BCUT2D eigenvalue weighted by Crippen LogP contribution is 2.15. The largest absolute Gasteiger partial charge is 0.449 e. The number of aryl methyl sites for hydroxylation is 1. The van der Waals surface area contributed by atoms with Crippen LogP contribution >= 0.6 is 0 Å². The highest BCUT2D eigenvalue weighted by atomic mass is 16.5. The summed E-state index contributed by atoms with van der Waals surface area (Å²) in [6.07, 6.45) is -0.962. The number of amides is 2. The summed E-state index contributed by atoms with van der Waals surface area (Å²) in [5.41, 5.74) is 2.32. The van der Waals surface area contributed by atoms with Crippen LogP contribution < -0.4 is 10.6 Å². The molecule has 2 aromatic rings. The summed E-state index contributed by atoms with van der Waals surface area (Å²) in [6, 6.07) is 13.7. The molecule has 25 heavy (non-hydrogen) atoms. The first-order valence-electron chi connectivity index (χ1n) is 7.82. The summed E-state index contributed by atoms with van der Waals surface area (Å²) in [5, 5.41) is 5.32. The Kier molecular flexibility index (Phi) is 5.89. The van der Waals surface area contributed by atoms with Crippen molar-refractivity contribution in [3.8, 4) is 0 Å². The van der Waals surface area contributed by atoms with Crippen molar-refractivity contribution in [3.05, 3.63) is 59.7 Å². The van der Waals surface area contributed by atoms with Crippen molar-refractivity contribution in [3.63, 3.8) is 0 Å². The van der Waals surface area contributed by atoms with E-state index >= 15 is 0 Å². The number of anilines is 2. The van der Waals surface area contributed by atoms with Crippen LogP contribution in [0.15, 0.2) is 48.5 Å². The van der Waals surface area contributed by atoms with Gasteiger partial charge in [0.1, 0.15) is 0 Å². The fraction of sp³-hybridized carbons (Fsp3) is 0.211. The van der Waals surface area contributed by atoms with Gasteiger partial charge in [-0.3, -0.25) is 9.59 Å². The van der Waals surface area contributed by atoms with Gasteiger partial charge >= 0.3 is 5.97 Å². The van der Waals surface area contributed by atoms with Crippen LogP contribution in [0.3, 0.4) is 0 Å². The highest BCUT2D eigenvalue weighted by molar-refractivity contribution is 5.98. The van der Waals surface area contributed by atoms with Gasteiger partial charge in [-0.05, 0) is 43.7 Å².